The first-order chi connectivity index (χ1) is 7.24. The van der Waals surface area contributed by atoms with Crippen molar-refractivity contribution in [2.45, 2.75) is 39.0 Å². The van der Waals surface area contributed by atoms with Crippen LogP contribution in [-0.2, 0) is 0 Å². The van der Waals surface area contributed by atoms with Crippen LogP contribution in [-0.4, -0.2) is 19.6 Å². The van der Waals surface area contributed by atoms with Crippen molar-refractivity contribution in [2.24, 2.45) is 0 Å². The lowest BCUT2D eigenvalue weighted by Gasteiger charge is -2.21. The molecule has 0 radical (unpaired) electrons. The summed E-state index contributed by atoms with van der Waals surface area (Å²) in [5.74, 6) is 2.29. The number of aryl methyl sites for hydroxylation is 2. The Morgan fingerprint density at radius 3 is 2.73 bits per heavy atom. The molecule has 0 aliphatic heterocycles. The van der Waals surface area contributed by atoms with Gasteiger partial charge < -0.3 is 0 Å². The Balaban J connectivity index is 2.16. The molecule has 0 amide bonds. The van der Waals surface area contributed by atoms with Crippen LogP contribution in [0.5, 0.6) is 0 Å². The van der Waals surface area contributed by atoms with Gasteiger partial charge in [0.2, 0.25) is 0 Å². The SMILES string of the molecule is Cc1cc(C)n2nc(C3CCC3)nc2n1. The molecule has 0 N–H and O–H groups in total. The van der Waals surface area contributed by atoms with Gasteiger partial charge in [-0.25, -0.2) is 9.50 Å². The molecule has 3 rings (SSSR count). The molecule has 0 spiro atoms. The van der Waals surface area contributed by atoms with Gasteiger partial charge in [0.15, 0.2) is 5.82 Å². The maximum absolute atomic E-state index is 4.52. The monoisotopic (exact) mass is 202 g/mol. The molecule has 0 atom stereocenters. The molecule has 0 aromatic carbocycles. The second-order valence-electron chi connectivity index (χ2n) is 4.35. The zero-order chi connectivity index (χ0) is 10.4. The van der Waals surface area contributed by atoms with Crippen LogP contribution in [0.2, 0.25) is 0 Å². The average Bonchev–Trinajstić information content (AvgIpc) is 2.44. The highest BCUT2D eigenvalue weighted by Gasteiger charge is 2.24. The highest BCUT2D eigenvalue weighted by molar-refractivity contribution is 5.31. The highest BCUT2D eigenvalue weighted by Crippen LogP contribution is 2.34. The maximum atomic E-state index is 4.52. The number of rotatable bonds is 1. The molecule has 2 aromatic rings. The molecule has 2 aromatic heterocycles. The summed E-state index contributed by atoms with van der Waals surface area (Å²) in [6, 6.07) is 2.03. The number of hydrogen-bond acceptors (Lipinski definition) is 3. The Hall–Kier alpha value is -1.45. The summed E-state index contributed by atoms with van der Waals surface area (Å²) in [5, 5.41) is 4.52. The first kappa shape index (κ1) is 8.83. The Kier molecular flexibility index (Phi) is 1.78. The summed E-state index contributed by atoms with van der Waals surface area (Å²) < 4.78 is 1.85. The smallest absolute Gasteiger partial charge is 0.216 e. The minimum absolute atomic E-state index is 0.575. The molecule has 4 nitrogen and oxygen atoms in total. The second kappa shape index (κ2) is 3.02. The fourth-order valence-corrected chi connectivity index (χ4v) is 2.02. The number of nitrogens with zero attached hydrogens (tertiary/aromatic N) is 4. The van der Waals surface area contributed by atoms with Gasteiger partial charge in [-0.2, -0.15) is 4.98 Å². The van der Waals surface area contributed by atoms with Crippen molar-refractivity contribution in [1.29, 1.82) is 0 Å². The van der Waals surface area contributed by atoms with Crippen LogP contribution in [0.1, 0.15) is 42.4 Å². The summed E-state index contributed by atoms with van der Waals surface area (Å²) in [4.78, 5) is 8.88. The summed E-state index contributed by atoms with van der Waals surface area (Å²) in [5.41, 5.74) is 2.11. The third-order valence-corrected chi connectivity index (χ3v) is 3.10. The summed E-state index contributed by atoms with van der Waals surface area (Å²) in [6.45, 7) is 4.03. The van der Waals surface area contributed by atoms with E-state index in [0.29, 0.717) is 5.92 Å². The third kappa shape index (κ3) is 1.32. The Bertz CT molecular complexity index is 511. The van der Waals surface area contributed by atoms with Crippen molar-refractivity contribution in [2.75, 3.05) is 0 Å². The van der Waals surface area contributed by atoms with Crippen molar-refractivity contribution < 1.29 is 0 Å². The predicted octanol–water partition coefficient (Wildman–Crippen LogP) is 2.01. The van der Waals surface area contributed by atoms with Crippen LogP contribution in [0.3, 0.4) is 0 Å². The van der Waals surface area contributed by atoms with Gasteiger partial charge in [-0.3, -0.25) is 0 Å². The molecule has 0 bridgehead atoms. The van der Waals surface area contributed by atoms with Gasteiger partial charge in [-0.15, -0.1) is 5.10 Å². The molecule has 15 heavy (non-hydrogen) atoms. The summed E-state index contributed by atoms with van der Waals surface area (Å²) >= 11 is 0. The molecule has 4 heteroatoms. The van der Waals surface area contributed by atoms with Gasteiger partial charge in [0, 0.05) is 17.3 Å². The van der Waals surface area contributed by atoms with Crippen LogP contribution < -0.4 is 0 Å². The van der Waals surface area contributed by atoms with Gasteiger partial charge in [-0.1, -0.05) is 6.42 Å². The molecule has 2 heterocycles. The van der Waals surface area contributed by atoms with Crippen LogP contribution in [0.15, 0.2) is 6.07 Å². The van der Waals surface area contributed by atoms with E-state index in [1.807, 2.05) is 24.4 Å². The second-order valence-corrected chi connectivity index (χ2v) is 4.35. The minimum atomic E-state index is 0.575. The Labute approximate surface area is 88.4 Å². The van der Waals surface area contributed by atoms with Gasteiger partial charge in [-0.05, 0) is 32.8 Å². The third-order valence-electron chi connectivity index (χ3n) is 3.10. The van der Waals surface area contributed by atoms with E-state index in [2.05, 4.69) is 15.1 Å². The zero-order valence-corrected chi connectivity index (χ0v) is 9.06. The predicted molar refractivity (Wildman–Crippen MR) is 56.8 cm³/mol. The van der Waals surface area contributed by atoms with Gasteiger partial charge in [0.05, 0.1) is 0 Å². The lowest BCUT2D eigenvalue weighted by atomic mass is 9.85. The zero-order valence-electron chi connectivity index (χ0n) is 9.06. The molecule has 78 valence electrons. The molecule has 1 aliphatic carbocycles. The summed E-state index contributed by atoms with van der Waals surface area (Å²) in [6.07, 6.45) is 3.77. The molecule has 1 aliphatic rings. The lowest BCUT2D eigenvalue weighted by Crippen LogP contribution is -2.10. The van der Waals surface area contributed by atoms with E-state index in [1.54, 1.807) is 0 Å². The topological polar surface area (TPSA) is 43.1 Å². The maximum Gasteiger partial charge on any atom is 0.252 e. The average molecular weight is 202 g/mol. The fourth-order valence-electron chi connectivity index (χ4n) is 2.02. The first-order valence-electron chi connectivity index (χ1n) is 5.45. The number of aromatic nitrogens is 4. The molecular weight excluding hydrogens is 188 g/mol. The van der Waals surface area contributed by atoms with E-state index >= 15 is 0 Å². The fraction of sp³-hybridized carbons (Fsp3) is 0.545. The van der Waals surface area contributed by atoms with Crippen LogP contribution in [0.25, 0.3) is 5.78 Å². The minimum Gasteiger partial charge on any atom is -0.216 e. The van der Waals surface area contributed by atoms with Crippen molar-refractivity contribution >= 4 is 5.78 Å². The van der Waals surface area contributed by atoms with E-state index in [-0.39, 0.29) is 0 Å². The van der Waals surface area contributed by atoms with E-state index in [1.165, 1.54) is 19.3 Å². The van der Waals surface area contributed by atoms with Crippen molar-refractivity contribution in [3.05, 3.63) is 23.3 Å². The van der Waals surface area contributed by atoms with Gasteiger partial charge >= 0.3 is 0 Å². The van der Waals surface area contributed by atoms with Crippen molar-refractivity contribution in [1.82, 2.24) is 19.6 Å². The van der Waals surface area contributed by atoms with Gasteiger partial charge in [0.1, 0.15) is 0 Å². The van der Waals surface area contributed by atoms with Crippen molar-refractivity contribution in [3.8, 4) is 0 Å². The van der Waals surface area contributed by atoms with Gasteiger partial charge in [0.25, 0.3) is 5.78 Å². The largest absolute Gasteiger partial charge is 0.252 e. The lowest BCUT2D eigenvalue weighted by molar-refractivity contribution is 0.401. The van der Waals surface area contributed by atoms with E-state index in [0.717, 1.165) is 23.0 Å². The molecule has 0 saturated heterocycles. The standard InChI is InChI=1S/C11H14N4/c1-7-6-8(2)15-11(12-7)13-10(14-15)9-4-3-5-9/h6,9H,3-5H2,1-2H3. The van der Waals surface area contributed by atoms with E-state index in [4.69, 9.17) is 0 Å². The summed E-state index contributed by atoms with van der Waals surface area (Å²) in [7, 11) is 0. The number of hydrogen-bond donors (Lipinski definition) is 0. The normalized spacial score (nSPS) is 16.9. The van der Waals surface area contributed by atoms with Crippen molar-refractivity contribution in [3.63, 3.8) is 0 Å². The Morgan fingerprint density at radius 2 is 2.07 bits per heavy atom. The van der Waals surface area contributed by atoms with E-state index < -0.39 is 0 Å². The highest BCUT2D eigenvalue weighted by atomic mass is 15.3. The molecule has 1 fully saturated rings. The molecule has 0 unspecified atom stereocenters. The molecule has 1 saturated carbocycles. The van der Waals surface area contributed by atoms with Crippen LogP contribution in [0.4, 0.5) is 0 Å². The number of fused-ring (bicyclic) bond motifs is 1. The van der Waals surface area contributed by atoms with Crippen LogP contribution >= 0.6 is 0 Å². The molecular formula is C11H14N4. The van der Waals surface area contributed by atoms with E-state index in [9.17, 15) is 0 Å². The quantitative estimate of drug-likeness (QED) is 0.710. The Morgan fingerprint density at radius 1 is 1.27 bits per heavy atom. The van der Waals surface area contributed by atoms with Crippen LogP contribution in [0, 0.1) is 13.8 Å². The first-order valence-corrected chi connectivity index (χ1v) is 5.45.